The molecule has 3 rings (SSSR count). The topological polar surface area (TPSA) is 55.1 Å². The van der Waals surface area contributed by atoms with Crippen molar-refractivity contribution in [3.63, 3.8) is 0 Å². The summed E-state index contributed by atoms with van der Waals surface area (Å²) in [5.74, 6) is 0.393. The molecule has 1 aliphatic rings. The summed E-state index contributed by atoms with van der Waals surface area (Å²) in [4.78, 5) is 12.2. The zero-order valence-electron chi connectivity index (χ0n) is 11.1. The minimum absolute atomic E-state index is 0.151. The maximum atomic E-state index is 13.5. The second kappa shape index (κ2) is 5.07. The largest absolute Gasteiger partial charge is 0.360 e. The molecule has 0 fully saturated rings. The summed E-state index contributed by atoms with van der Waals surface area (Å²) in [6, 6.07) is 6.06. The molecule has 1 atom stereocenters. The van der Waals surface area contributed by atoms with Gasteiger partial charge in [0, 0.05) is 12.0 Å². The van der Waals surface area contributed by atoms with Crippen molar-refractivity contribution in [2.45, 2.75) is 26.2 Å². The number of anilines is 1. The first-order chi connectivity index (χ1) is 9.65. The molecular formula is C15H15FN2O2. The molecule has 0 saturated carbocycles. The van der Waals surface area contributed by atoms with E-state index in [4.69, 9.17) is 4.52 Å². The van der Waals surface area contributed by atoms with E-state index in [1.165, 1.54) is 12.1 Å². The van der Waals surface area contributed by atoms with E-state index in [1.807, 2.05) is 0 Å². The van der Waals surface area contributed by atoms with Crippen LogP contribution in [0.3, 0.4) is 0 Å². The van der Waals surface area contributed by atoms with E-state index >= 15 is 0 Å². The molecule has 1 N–H and O–H groups in total. The highest BCUT2D eigenvalue weighted by Crippen LogP contribution is 2.28. The Morgan fingerprint density at radius 3 is 3.05 bits per heavy atom. The van der Waals surface area contributed by atoms with E-state index in [1.54, 1.807) is 12.1 Å². The van der Waals surface area contributed by atoms with Gasteiger partial charge in [-0.25, -0.2) is 4.39 Å². The molecule has 104 valence electrons. The molecule has 0 bridgehead atoms. The third-order valence-electron chi connectivity index (χ3n) is 3.62. The van der Waals surface area contributed by atoms with Crippen molar-refractivity contribution in [3.05, 3.63) is 47.1 Å². The number of benzene rings is 1. The number of nitrogens with zero attached hydrogens (tertiary/aromatic N) is 1. The van der Waals surface area contributed by atoms with Crippen LogP contribution in [0.15, 0.2) is 28.8 Å². The first kappa shape index (κ1) is 12.8. The number of rotatable bonds is 2. The van der Waals surface area contributed by atoms with Crippen LogP contribution in [0.5, 0.6) is 0 Å². The highest BCUT2D eigenvalue weighted by atomic mass is 19.1. The molecule has 0 spiro atoms. The minimum Gasteiger partial charge on any atom is -0.360 e. The van der Waals surface area contributed by atoms with Gasteiger partial charge in [-0.3, -0.25) is 4.79 Å². The lowest BCUT2D eigenvalue weighted by Crippen LogP contribution is -2.18. The fraction of sp³-hybridized carbons (Fsp3) is 0.333. The molecule has 4 nitrogen and oxygen atoms in total. The lowest BCUT2D eigenvalue weighted by Gasteiger charge is -2.16. The van der Waals surface area contributed by atoms with Crippen molar-refractivity contribution in [2.24, 2.45) is 5.92 Å². The number of amides is 1. The van der Waals surface area contributed by atoms with Crippen molar-refractivity contribution in [1.29, 1.82) is 0 Å². The van der Waals surface area contributed by atoms with E-state index < -0.39 is 11.7 Å². The quantitative estimate of drug-likeness (QED) is 0.915. The van der Waals surface area contributed by atoms with Crippen LogP contribution in [-0.2, 0) is 12.8 Å². The number of carbonyl (C=O) groups is 1. The van der Waals surface area contributed by atoms with Crippen molar-refractivity contribution in [1.82, 2.24) is 5.16 Å². The number of fused-ring (bicyclic) bond motifs is 1. The predicted molar refractivity (Wildman–Crippen MR) is 72.0 cm³/mol. The number of carbonyl (C=O) groups excluding carboxylic acids is 1. The fourth-order valence-corrected chi connectivity index (χ4v) is 2.50. The molecule has 20 heavy (non-hydrogen) atoms. The standard InChI is InChI=1S/C15H15FN2O2/c1-9-6-7-13-10(8-9)14(18-20-13)15(19)17-12-5-3-2-4-11(12)16/h2-5,9H,6-8H2,1H3,(H,17,19)/t9-/m0/s1. The minimum atomic E-state index is -0.466. The summed E-state index contributed by atoms with van der Waals surface area (Å²) < 4.78 is 18.8. The lowest BCUT2D eigenvalue weighted by atomic mass is 9.88. The molecule has 1 heterocycles. The Kier molecular flexibility index (Phi) is 3.26. The van der Waals surface area contributed by atoms with Gasteiger partial charge in [-0.05, 0) is 30.9 Å². The second-order valence-electron chi connectivity index (χ2n) is 5.21. The van der Waals surface area contributed by atoms with Crippen LogP contribution < -0.4 is 5.32 Å². The molecule has 0 aliphatic heterocycles. The number of hydrogen-bond donors (Lipinski definition) is 1. The van der Waals surface area contributed by atoms with Crippen LogP contribution >= 0.6 is 0 Å². The molecule has 1 aromatic heterocycles. The van der Waals surface area contributed by atoms with Crippen LogP contribution in [0.4, 0.5) is 10.1 Å². The highest BCUT2D eigenvalue weighted by molar-refractivity contribution is 6.04. The van der Waals surface area contributed by atoms with Gasteiger partial charge in [-0.15, -0.1) is 0 Å². The highest BCUT2D eigenvalue weighted by Gasteiger charge is 2.27. The van der Waals surface area contributed by atoms with Gasteiger partial charge in [-0.1, -0.05) is 24.2 Å². The molecule has 1 amide bonds. The number of para-hydroxylation sites is 1. The Morgan fingerprint density at radius 1 is 1.45 bits per heavy atom. The Hall–Kier alpha value is -2.17. The third kappa shape index (κ3) is 2.31. The third-order valence-corrected chi connectivity index (χ3v) is 3.62. The normalized spacial score (nSPS) is 17.6. The first-order valence-electron chi connectivity index (χ1n) is 6.68. The predicted octanol–water partition coefficient (Wildman–Crippen LogP) is 3.19. The van der Waals surface area contributed by atoms with E-state index in [9.17, 15) is 9.18 Å². The van der Waals surface area contributed by atoms with E-state index in [2.05, 4.69) is 17.4 Å². The lowest BCUT2D eigenvalue weighted by molar-refractivity contribution is 0.101. The summed E-state index contributed by atoms with van der Waals surface area (Å²) in [7, 11) is 0. The summed E-state index contributed by atoms with van der Waals surface area (Å²) in [5.41, 5.74) is 1.28. The molecule has 0 radical (unpaired) electrons. The monoisotopic (exact) mass is 274 g/mol. The van der Waals surface area contributed by atoms with Crippen molar-refractivity contribution < 1.29 is 13.7 Å². The number of aryl methyl sites for hydroxylation is 1. The van der Waals surface area contributed by atoms with Gasteiger partial charge >= 0.3 is 0 Å². The van der Waals surface area contributed by atoms with E-state index in [0.717, 1.165) is 30.6 Å². The Labute approximate surface area is 116 Å². The molecular weight excluding hydrogens is 259 g/mol. The van der Waals surface area contributed by atoms with Crippen LogP contribution in [0.2, 0.25) is 0 Å². The van der Waals surface area contributed by atoms with Gasteiger partial charge < -0.3 is 9.84 Å². The first-order valence-corrected chi connectivity index (χ1v) is 6.68. The maximum Gasteiger partial charge on any atom is 0.278 e. The number of halogens is 1. The summed E-state index contributed by atoms with van der Waals surface area (Å²) >= 11 is 0. The Bertz CT molecular complexity index is 651. The molecule has 0 unspecified atom stereocenters. The van der Waals surface area contributed by atoms with Crippen molar-refractivity contribution in [3.8, 4) is 0 Å². The summed E-state index contributed by atoms with van der Waals surface area (Å²) in [6.07, 6.45) is 2.62. The Morgan fingerprint density at radius 2 is 2.25 bits per heavy atom. The smallest absolute Gasteiger partial charge is 0.278 e. The van der Waals surface area contributed by atoms with E-state index in [-0.39, 0.29) is 11.4 Å². The fourth-order valence-electron chi connectivity index (χ4n) is 2.50. The number of nitrogens with one attached hydrogen (secondary N) is 1. The van der Waals surface area contributed by atoms with Gasteiger partial charge in [0.15, 0.2) is 5.69 Å². The van der Waals surface area contributed by atoms with Gasteiger partial charge in [0.2, 0.25) is 0 Å². The van der Waals surface area contributed by atoms with Gasteiger partial charge in [0.25, 0.3) is 5.91 Å². The van der Waals surface area contributed by atoms with Gasteiger partial charge in [-0.2, -0.15) is 0 Å². The Balaban J connectivity index is 1.85. The summed E-state index contributed by atoms with van der Waals surface area (Å²) in [6.45, 7) is 2.13. The van der Waals surface area contributed by atoms with Crippen LogP contribution in [0.1, 0.15) is 35.2 Å². The van der Waals surface area contributed by atoms with Crippen molar-refractivity contribution >= 4 is 11.6 Å². The second-order valence-corrected chi connectivity index (χ2v) is 5.21. The van der Waals surface area contributed by atoms with Crippen LogP contribution in [0.25, 0.3) is 0 Å². The average molecular weight is 274 g/mol. The van der Waals surface area contributed by atoms with Crippen LogP contribution in [-0.4, -0.2) is 11.1 Å². The van der Waals surface area contributed by atoms with E-state index in [0.29, 0.717) is 5.92 Å². The summed E-state index contributed by atoms with van der Waals surface area (Å²) in [5, 5.41) is 6.39. The van der Waals surface area contributed by atoms with Crippen molar-refractivity contribution in [2.75, 3.05) is 5.32 Å². The molecule has 1 aliphatic carbocycles. The molecule has 0 saturated heterocycles. The molecule has 1 aromatic carbocycles. The zero-order chi connectivity index (χ0) is 14.1. The zero-order valence-corrected chi connectivity index (χ0v) is 11.1. The van der Waals surface area contributed by atoms with Gasteiger partial charge in [0.1, 0.15) is 11.6 Å². The number of aromatic nitrogens is 1. The SMILES string of the molecule is C[C@H]1CCc2onc(C(=O)Nc3ccccc3F)c2C1. The molecule has 2 aromatic rings. The van der Waals surface area contributed by atoms with Gasteiger partial charge in [0.05, 0.1) is 5.69 Å². The number of hydrogen-bond acceptors (Lipinski definition) is 3. The molecule has 5 heteroatoms. The average Bonchev–Trinajstić information content (AvgIpc) is 2.84. The van der Waals surface area contributed by atoms with Crippen LogP contribution in [0, 0.1) is 11.7 Å². The maximum absolute atomic E-state index is 13.5.